The van der Waals surface area contributed by atoms with E-state index in [-0.39, 0.29) is 6.61 Å². The third-order valence-electron chi connectivity index (χ3n) is 5.03. The number of hydrogen-bond donors (Lipinski definition) is 2. The molecule has 4 rings (SSSR count). The van der Waals surface area contributed by atoms with Crippen molar-refractivity contribution in [1.29, 1.82) is 0 Å². The Morgan fingerprint density at radius 2 is 2.00 bits per heavy atom. The van der Waals surface area contributed by atoms with Crippen LogP contribution in [0.1, 0.15) is 16.7 Å². The van der Waals surface area contributed by atoms with Gasteiger partial charge in [-0.15, -0.1) is 0 Å². The molecule has 2 aromatic carbocycles. The van der Waals surface area contributed by atoms with E-state index in [1.165, 1.54) is 7.05 Å². The van der Waals surface area contributed by atoms with E-state index in [2.05, 4.69) is 9.62 Å². The number of sulfonamides is 1. The summed E-state index contributed by atoms with van der Waals surface area (Å²) in [4.78, 5) is 7.22. The maximum atomic E-state index is 12.3. The zero-order valence-corrected chi connectivity index (χ0v) is 15.8. The minimum Gasteiger partial charge on any atom is -0.392 e. The van der Waals surface area contributed by atoms with Crippen LogP contribution in [0.5, 0.6) is 0 Å². The summed E-state index contributed by atoms with van der Waals surface area (Å²) < 4.78 is 27.0. The van der Waals surface area contributed by atoms with Gasteiger partial charge < -0.3 is 10.0 Å². The van der Waals surface area contributed by atoms with E-state index in [0.717, 1.165) is 33.4 Å². The SMILES string of the molecule is CNS(=O)(=O)c1cccc2c1CCN(c1nc3ccccc3cc1CO)C2. The van der Waals surface area contributed by atoms with E-state index in [0.29, 0.717) is 24.4 Å². The van der Waals surface area contributed by atoms with E-state index in [4.69, 9.17) is 4.98 Å². The molecular weight excluding hydrogens is 362 g/mol. The fourth-order valence-corrected chi connectivity index (χ4v) is 4.69. The summed E-state index contributed by atoms with van der Waals surface area (Å²) in [5, 5.41) is 10.8. The van der Waals surface area contributed by atoms with Crippen LogP contribution in [0.2, 0.25) is 0 Å². The summed E-state index contributed by atoms with van der Waals surface area (Å²) >= 11 is 0. The quantitative estimate of drug-likeness (QED) is 0.722. The second-order valence-electron chi connectivity index (χ2n) is 6.59. The highest BCUT2D eigenvalue weighted by molar-refractivity contribution is 7.89. The molecule has 0 fully saturated rings. The molecule has 2 N–H and O–H groups in total. The Morgan fingerprint density at radius 1 is 1.19 bits per heavy atom. The number of para-hydroxylation sites is 1. The Balaban J connectivity index is 1.76. The minimum atomic E-state index is -3.49. The number of aromatic nitrogens is 1. The maximum Gasteiger partial charge on any atom is 0.240 e. The molecule has 1 aromatic heterocycles. The van der Waals surface area contributed by atoms with Crippen molar-refractivity contribution in [2.45, 2.75) is 24.5 Å². The van der Waals surface area contributed by atoms with E-state index in [1.807, 2.05) is 36.4 Å². The number of nitrogens with zero attached hydrogens (tertiary/aromatic N) is 2. The highest BCUT2D eigenvalue weighted by Gasteiger charge is 2.25. The number of aliphatic hydroxyl groups is 1. The van der Waals surface area contributed by atoms with Gasteiger partial charge in [0.25, 0.3) is 0 Å². The molecule has 1 aliphatic rings. The van der Waals surface area contributed by atoms with Crippen molar-refractivity contribution in [3.8, 4) is 0 Å². The van der Waals surface area contributed by atoms with Gasteiger partial charge in [-0.3, -0.25) is 0 Å². The molecule has 0 spiro atoms. The van der Waals surface area contributed by atoms with Gasteiger partial charge in [-0.05, 0) is 42.8 Å². The van der Waals surface area contributed by atoms with Gasteiger partial charge >= 0.3 is 0 Å². The number of nitrogens with one attached hydrogen (secondary N) is 1. The Kier molecular flexibility index (Phi) is 4.59. The van der Waals surface area contributed by atoms with Crippen LogP contribution < -0.4 is 9.62 Å². The molecule has 140 valence electrons. The monoisotopic (exact) mass is 383 g/mol. The third kappa shape index (κ3) is 3.18. The molecular formula is C20H21N3O3S. The fourth-order valence-electron chi connectivity index (χ4n) is 3.66. The second-order valence-corrected chi connectivity index (χ2v) is 8.45. The second kappa shape index (κ2) is 6.92. The van der Waals surface area contributed by atoms with Gasteiger partial charge in [-0.2, -0.15) is 0 Å². The molecule has 0 amide bonds. The summed E-state index contributed by atoms with van der Waals surface area (Å²) in [6.07, 6.45) is 0.603. The van der Waals surface area contributed by atoms with Crippen LogP contribution in [-0.4, -0.2) is 32.1 Å². The smallest absolute Gasteiger partial charge is 0.240 e. The summed E-state index contributed by atoms with van der Waals surface area (Å²) in [5.74, 6) is 0.753. The lowest BCUT2D eigenvalue weighted by Gasteiger charge is -2.32. The fraction of sp³-hybridized carbons (Fsp3) is 0.250. The number of hydrogen-bond acceptors (Lipinski definition) is 5. The molecule has 3 aromatic rings. The predicted octanol–water partition coefficient (Wildman–Crippen LogP) is 2.20. The average molecular weight is 383 g/mol. The normalized spacial score (nSPS) is 14.4. The molecule has 2 heterocycles. The van der Waals surface area contributed by atoms with Gasteiger partial charge in [0.15, 0.2) is 0 Å². The summed E-state index contributed by atoms with van der Waals surface area (Å²) in [6.45, 7) is 1.10. The van der Waals surface area contributed by atoms with E-state index in [9.17, 15) is 13.5 Å². The number of rotatable bonds is 4. The van der Waals surface area contributed by atoms with Gasteiger partial charge in [0.2, 0.25) is 10.0 Å². The van der Waals surface area contributed by atoms with Crippen LogP contribution in [0.15, 0.2) is 53.4 Å². The first-order chi connectivity index (χ1) is 13.0. The maximum absolute atomic E-state index is 12.3. The summed E-state index contributed by atoms with van der Waals surface area (Å²) in [7, 11) is -2.06. The van der Waals surface area contributed by atoms with Gasteiger partial charge in [0.05, 0.1) is 17.0 Å². The van der Waals surface area contributed by atoms with E-state index >= 15 is 0 Å². The Bertz CT molecular complexity index is 1110. The first-order valence-corrected chi connectivity index (χ1v) is 10.3. The van der Waals surface area contributed by atoms with Crippen molar-refractivity contribution in [3.05, 3.63) is 65.2 Å². The van der Waals surface area contributed by atoms with Crippen molar-refractivity contribution in [2.75, 3.05) is 18.5 Å². The summed E-state index contributed by atoms with van der Waals surface area (Å²) in [6, 6.07) is 15.2. The van der Waals surface area contributed by atoms with E-state index in [1.54, 1.807) is 12.1 Å². The van der Waals surface area contributed by atoms with Crippen molar-refractivity contribution < 1.29 is 13.5 Å². The molecule has 0 atom stereocenters. The first-order valence-electron chi connectivity index (χ1n) is 8.82. The number of aliphatic hydroxyl groups excluding tert-OH is 1. The van der Waals surface area contributed by atoms with Crippen molar-refractivity contribution >= 4 is 26.7 Å². The Hall–Kier alpha value is -2.48. The molecule has 0 bridgehead atoms. The number of fused-ring (bicyclic) bond motifs is 2. The highest BCUT2D eigenvalue weighted by atomic mass is 32.2. The molecule has 0 aliphatic carbocycles. The topological polar surface area (TPSA) is 82.5 Å². The van der Waals surface area contributed by atoms with Crippen LogP contribution in [0.4, 0.5) is 5.82 Å². The van der Waals surface area contributed by atoms with Crippen LogP contribution in [0, 0.1) is 0 Å². The first kappa shape index (κ1) is 17.9. The lowest BCUT2D eigenvalue weighted by Crippen LogP contribution is -2.33. The minimum absolute atomic E-state index is 0.0926. The molecule has 0 unspecified atom stereocenters. The standard InChI is InChI=1S/C20H21N3O3S/c1-21-27(25,26)19-8-4-6-15-12-23(10-9-17(15)19)20-16(13-24)11-14-5-2-3-7-18(14)22-20/h2-8,11,21,24H,9-10,12-13H2,1H3. The van der Waals surface area contributed by atoms with E-state index < -0.39 is 10.0 Å². The van der Waals surface area contributed by atoms with Crippen molar-refractivity contribution in [3.63, 3.8) is 0 Å². The molecule has 0 saturated heterocycles. The van der Waals surface area contributed by atoms with Crippen LogP contribution in [0.25, 0.3) is 10.9 Å². The zero-order valence-electron chi connectivity index (χ0n) is 15.0. The number of pyridine rings is 1. The van der Waals surface area contributed by atoms with Crippen molar-refractivity contribution in [2.24, 2.45) is 0 Å². The average Bonchev–Trinajstić information content (AvgIpc) is 2.71. The molecule has 6 nitrogen and oxygen atoms in total. The Morgan fingerprint density at radius 3 is 2.78 bits per heavy atom. The van der Waals surface area contributed by atoms with Gasteiger partial charge in [0, 0.05) is 24.0 Å². The zero-order chi connectivity index (χ0) is 19.0. The Labute approximate surface area is 158 Å². The predicted molar refractivity (Wildman–Crippen MR) is 105 cm³/mol. The largest absolute Gasteiger partial charge is 0.392 e. The van der Waals surface area contributed by atoms with Crippen LogP contribution in [0.3, 0.4) is 0 Å². The lowest BCUT2D eigenvalue weighted by atomic mass is 9.99. The molecule has 0 saturated carbocycles. The van der Waals surface area contributed by atoms with Crippen molar-refractivity contribution in [1.82, 2.24) is 9.71 Å². The number of anilines is 1. The van der Waals surface area contributed by atoms with Gasteiger partial charge in [0.1, 0.15) is 5.82 Å². The van der Waals surface area contributed by atoms with Gasteiger partial charge in [-0.1, -0.05) is 30.3 Å². The molecule has 1 aliphatic heterocycles. The van der Waals surface area contributed by atoms with Crippen LogP contribution >= 0.6 is 0 Å². The van der Waals surface area contributed by atoms with Gasteiger partial charge in [-0.25, -0.2) is 18.1 Å². The highest BCUT2D eigenvalue weighted by Crippen LogP contribution is 2.31. The lowest BCUT2D eigenvalue weighted by molar-refractivity contribution is 0.281. The molecule has 0 radical (unpaired) electrons. The molecule has 7 heteroatoms. The summed E-state index contributed by atoms with van der Waals surface area (Å²) in [5.41, 5.74) is 3.48. The van der Waals surface area contributed by atoms with Crippen LogP contribution in [-0.2, 0) is 29.6 Å². The number of benzene rings is 2. The third-order valence-corrected chi connectivity index (χ3v) is 6.53. The molecule has 27 heavy (non-hydrogen) atoms.